The van der Waals surface area contributed by atoms with Crippen LogP contribution in [0.4, 0.5) is 0 Å². The van der Waals surface area contributed by atoms with E-state index < -0.39 is 11.0 Å². The van der Waals surface area contributed by atoms with Crippen LogP contribution in [0.2, 0.25) is 0 Å². The van der Waals surface area contributed by atoms with E-state index in [9.17, 15) is 10.1 Å². The van der Waals surface area contributed by atoms with Gasteiger partial charge >= 0.3 is 0 Å². The largest absolute Gasteiger partial charge is 0.396 e. The molecule has 0 spiro atoms. The van der Waals surface area contributed by atoms with Gasteiger partial charge in [0.1, 0.15) is 0 Å². The van der Waals surface area contributed by atoms with Gasteiger partial charge in [0.05, 0.1) is 0 Å². The topological polar surface area (TPSA) is 83.6 Å². The van der Waals surface area contributed by atoms with Gasteiger partial charge in [-0.05, 0) is 0 Å². The van der Waals surface area contributed by atoms with Crippen LogP contribution < -0.4 is 0 Å². The van der Waals surface area contributed by atoms with Crippen LogP contribution in [0.25, 0.3) is 0 Å². The number of aliphatic hydroxyl groups excluding tert-OH is 2. The Morgan fingerprint density at radius 3 is 2.18 bits per heavy atom. The zero-order valence-electron chi connectivity index (χ0n) is 6.43. The second-order valence-electron chi connectivity index (χ2n) is 2.60. The minimum atomic E-state index is -0.695. The fourth-order valence-electron chi connectivity index (χ4n) is 0.775. The third kappa shape index (κ3) is 3.90. The molecule has 0 fully saturated rings. The maximum atomic E-state index is 10.1. The second kappa shape index (κ2) is 5.03. The van der Waals surface area contributed by atoms with E-state index in [1.54, 1.807) is 0 Å². The van der Waals surface area contributed by atoms with Crippen LogP contribution in [0.1, 0.15) is 13.3 Å². The van der Waals surface area contributed by atoms with Gasteiger partial charge in [0.25, 0.3) is 0 Å². The number of nitro groups is 1. The summed E-state index contributed by atoms with van der Waals surface area (Å²) in [5, 5.41) is 27.3. The Bertz CT molecular complexity index is 124. The van der Waals surface area contributed by atoms with Gasteiger partial charge in [0.2, 0.25) is 6.04 Å². The Morgan fingerprint density at radius 1 is 1.45 bits per heavy atom. The average Bonchev–Trinajstić information content (AvgIpc) is 1.99. The van der Waals surface area contributed by atoms with Crippen molar-refractivity contribution < 1.29 is 15.1 Å². The van der Waals surface area contributed by atoms with Crippen LogP contribution in [0.15, 0.2) is 0 Å². The molecule has 5 heteroatoms. The molecule has 0 heterocycles. The van der Waals surface area contributed by atoms with Gasteiger partial charge in [0.15, 0.2) is 0 Å². The van der Waals surface area contributed by atoms with Gasteiger partial charge < -0.3 is 10.2 Å². The van der Waals surface area contributed by atoms with Crippen LogP contribution in [0.3, 0.4) is 0 Å². The van der Waals surface area contributed by atoms with E-state index in [0.717, 1.165) is 0 Å². The summed E-state index contributed by atoms with van der Waals surface area (Å²) in [5.41, 5.74) is 0. The van der Waals surface area contributed by atoms with Gasteiger partial charge in [-0.3, -0.25) is 10.1 Å². The van der Waals surface area contributed by atoms with Gasteiger partial charge in [-0.15, -0.1) is 0 Å². The smallest absolute Gasteiger partial charge is 0.210 e. The van der Waals surface area contributed by atoms with Crippen LogP contribution >= 0.6 is 0 Å². The molecule has 5 nitrogen and oxygen atoms in total. The summed E-state index contributed by atoms with van der Waals surface area (Å²) in [6.45, 7) is 1.06. The molecular weight excluding hydrogens is 150 g/mol. The summed E-state index contributed by atoms with van der Waals surface area (Å²) in [5.74, 6) is -0.365. The van der Waals surface area contributed by atoms with Gasteiger partial charge in [-0.1, -0.05) is 0 Å². The second-order valence-corrected chi connectivity index (χ2v) is 2.60. The number of rotatable bonds is 5. The lowest BCUT2D eigenvalue weighted by molar-refractivity contribution is -0.520. The molecule has 0 aliphatic carbocycles. The fraction of sp³-hybridized carbons (Fsp3) is 1.00. The van der Waals surface area contributed by atoms with Gasteiger partial charge in [0, 0.05) is 37.4 Å². The Labute approximate surface area is 64.8 Å². The number of hydrogen-bond donors (Lipinski definition) is 2. The van der Waals surface area contributed by atoms with Crippen molar-refractivity contribution in [3.63, 3.8) is 0 Å². The Hall–Kier alpha value is -0.680. The molecule has 0 aromatic heterocycles. The van der Waals surface area contributed by atoms with Crippen molar-refractivity contribution in [2.75, 3.05) is 13.2 Å². The van der Waals surface area contributed by atoms with Crippen molar-refractivity contribution in [1.82, 2.24) is 0 Å². The molecule has 0 aromatic carbocycles. The molecule has 0 bridgehead atoms. The summed E-state index contributed by atoms with van der Waals surface area (Å²) >= 11 is 0. The Morgan fingerprint density at radius 2 is 1.91 bits per heavy atom. The zero-order valence-corrected chi connectivity index (χ0v) is 6.43. The maximum Gasteiger partial charge on any atom is 0.210 e. The molecule has 0 saturated heterocycles. The third-order valence-corrected chi connectivity index (χ3v) is 1.55. The molecule has 1 atom stereocenters. The van der Waals surface area contributed by atoms with Crippen molar-refractivity contribution in [2.24, 2.45) is 5.92 Å². The van der Waals surface area contributed by atoms with Crippen LogP contribution in [-0.2, 0) is 0 Å². The first-order valence-electron chi connectivity index (χ1n) is 3.47. The average molecular weight is 163 g/mol. The number of aliphatic hydroxyl groups is 2. The SMILES string of the molecule is CC(CC(CO)CO)[N+](=O)[O-]. The first-order chi connectivity index (χ1) is 5.11. The molecule has 0 amide bonds. The van der Waals surface area contributed by atoms with Gasteiger partial charge in [-0.2, -0.15) is 0 Å². The molecule has 0 aliphatic rings. The predicted molar refractivity (Wildman–Crippen MR) is 38.7 cm³/mol. The predicted octanol–water partition coefficient (Wildman–Crippen LogP) is -0.357. The highest BCUT2D eigenvalue weighted by Gasteiger charge is 2.18. The lowest BCUT2D eigenvalue weighted by atomic mass is 10.0. The van der Waals surface area contributed by atoms with Crippen LogP contribution in [0, 0.1) is 16.0 Å². The highest BCUT2D eigenvalue weighted by Crippen LogP contribution is 2.06. The van der Waals surface area contributed by atoms with E-state index in [2.05, 4.69) is 0 Å². The van der Waals surface area contributed by atoms with E-state index in [4.69, 9.17) is 10.2 Å². The van der Waals surface area contributed by atoms with E-state index in [-0.39, 0.29) is 25.6 Å². The molecule has 1 unspecified atom stereocenters. The van der Waals surface area contributed by atoms with Gasteiger partial charge in [-0.25, -0.2) is 0 Å². The van der Waals surface area contributed by atoms with E-state index in [1.807, 2.05) is 0 Å². The highest BCUT2D eigenvalue weighted by atomic mass is 16.6. The Balaban J connectivity index is 3.71. The minimum absolute atomic E-state index is 0.200. The summed E-state index contributed by atoms with van der Waals surface area (Å²) in [4.78, 5) is 9.69. The van der Waals surface area contributed by atoms with E-state index in [1.165, 1.54) is 6.92 Å². The minimum Gasteiger partial charge on any atom is -0.396 e. The lowest BCUT2D eigenvalue weighted by Gasteiger charge is -2.10. The first-order valence-corrected chi connectivity index (χ1v) is 3.47. The molecule has 11 heavy (non-hydrogen) atoms. The molecular formula is C6H13NO4. The van der Waals surface area contributed by atoms with Crippen LogP contribution in [-0.4, -0.2) is 34.4 Å². The first kappa shape index (κ1) is 10.3. The third-order valence-electron chi connectivity index (χ3n) is 1.55. The van der Waals surface area contributed by atoms with Crippen molar-refractivity contribution in [2.45, 2.75) is 19.4 Å². The molecule has 66 valence electrons. The van der Waals surface area contributed by atoms with Crippen molar-refractivity contribution in [3.8, 4) is 0 Å². The van der Waals surface area contributed by atoms with Crippen LogP contribution in [0.5, 0.6) is 0 Å². The van der Waals surface area contributed by atoms with E-state index in [0.29, 0.717) is 0 Å². The quantitative estimate of drug-likeness (QED) is 0.428. The molecule has 0 aliphatic heterocycles. The molecule has 0 aromatic rings. The maximum absolute atomic E-state index is 10.1. The molecule has 0 rings (SSSR count). The summed E-state index contributed by atoms with van der Waals surface area (Å²) in [6.07, 6.45) is 0.222. The molecule has 0 saturated carbocycles. The van der Waals surface area contributed by atoms with Crippen molar-refractivity contribution >= 4 is 0 Å². The summed E-state index contributed by atoms with van der Waals surface area (Å²) < 4.78 is 0. The van der Waals surface area contributed by atoms with E-state index >= 15 is 0 Å². The Kier molecular flexibility index (Phi) is 4.72. The van der Waals surface area contributed by atoms with Crippen molar-refractivity contribution in [3.05, 3.63) is 10.1 Å². The fourth-order valence-corrected chi connectivity index (χ4v) is 0.775. The highest BCUT2D eigenvalue weighted by molar-refractivity contribution is 4.59. The normalized spacial score (nSPS) is 13.5. The zero-order chi connectivity index (χ0) is 8.85. The standard InChI is InChI=1S/C6H13NO4/c1-5(7(10)11)2-6(3-8)4-9/h5-6,8-9H,2-4H2,1H3. The summed E-state index contributed by atoms with van der Waals surface area (Å²) in [6, 6.07) is -0.695. The number of hydrogen-bond acceptors (Lipinski definition) is 4. The summed E-state index contributed by atoms with van der Waals surface area (Å²) in [7, 11) is 0. The lowest BCUT2D eigenvalue weighted by Crippen LogP contribution is -2.23. The molecule has 2 N–H and O–H groups in total. The molecule has 0 radical (unpaired) electrons. The monoisotopic (exact) mass is 163 g/mol. The number of nitrogens with zero attached hydrogens (tertiary/aromatic N) is 1. The van der Waals surface area contributed by atoms with Crippen molar-refractivity contribution in [1.29, 1.82) is 0 Å².